The molecule has 7 nitrogen and oxygen atoms in total. The predicted molar refractivity (Wildman–Crippen MR) is 94.5 cm³/mol. The quantitative estimate of drug-likeness (QED) is 0.787. The summed E-state index contributed by atoms with van der Waals surface area (Å²) >= 11 is 0. The largest absolute Gasteiger partial charge is 0.497 e. The fourth-order valence-electron chi connectivity index (χ4n) is 3.51. The number of rotatable bonds is 7. The molecule has 0 radical (unpaired) electrons. The molecular weight excluding hydrogens is 322 g/mol. The summed E-state index contributed by atoms with van der Waals surface area (Å²) in [6.07, 6.45) is 0.154. The topological polar surface area (TPSA) is 89.8 Å². The van der Waals surface area contributed by atoms with Gasteiger partial charge in [0, 0.05) is 43.3 Å². The minimum absolute atomic E-state index is 0.154. The van der Waals surface area contributed by atoms with E-state index in [4.69, 9.17) is 19.9 Å². The SMILES string of the molecule is COC[C@]1(CC(N)=O)CN(Cc2cc3cc(OC)ccc3[nH]2)CCO1. The molecule has 3 N–H and O–H groups in total. The lowest BCUT2D eigenvalue weighted by Crippen LogP contribution is -2.55. The second kappa shape index (κ2) is 7.43. The van der Waals surface area contributed by atoms with Gasteiger partial charge in [0.15, 0.2) is 0 Å². The predicted octanol–water partition coefficient (Wildman–Crippen LogP) is 1.27. The number of amides is 1. The third-order valence-corrected chi connectivity index (χ3v) is 4.51. The van der Waals surface area contributed by atoms with Crippen LogP contribution >= 0.6 is 0 Å². The number of morpholine rings is 1. The van der Waals surface area contributed by atoms with Crippen LogP contribution in [-0.4, -0.2) is 61.9 Å². The third-order valence-electron chi connectivity index (χ3n) is 4.51. The van der Waals surface area contributed by atoms with Gasteiger partial charge in [0.05, 0.1) is 26.7 Å². The summed E-state index contributed by atoms with van der Waals surface area (Å²) in [6, 6.07) is 8.09. The van der Waals surface area contributed by atoms with Crippen molar-refractivity contribution in [3.8, 4) is 5.75 Å². The highest BCUT2D eigenvalue weighted by Gasteiger charge is 2.38. The van der Waals surface area contributed by atoms with Crippen LogP contribution in [0.25, 0.3) is 10.9 Å². The molecule has 136 valence electrons. The van der Waals surface area contributed by atoms with E-state index >= 15 is 0 Å². The zero-order valence-electron chi connectivity index (χ0n) is 14.7. The molecule has 1 atom stereocenters. The molecule has 0 unspecified atom stereocenters. The van der Waals surface area contributed by atoms with Gasteiger partial charge < -0.3 is 24.9 Å². The molecular formula is C18H25N3O4. The van der Waals surface area contributed by atoms with Crippen LogP contribution in [0.5, 0.6) is 5.75 Å². The Morgan fingerprint density at radius 3 is 2.96 bits per heavy atom. The molecule has 7 heteroatoms. The van der Waals surface area contributed by atoms with Crippen LogP contribution in [0.3, 0.4) is 0 Å². The summed E-state index contributed by atoms with van der Waals surface area (Å²) in [5, 5.41) is 1.11. The minimum Gasteiger partial charge on any atom is -0.497 e. The fraction of sp³-hybridized carbons (Fsp3) is 0.500. The van der Waals surface area contributed by atoms with Crippen molar-refractivity contribution in [2.75, 3.05) is 40.5 Å². The van der Waals surface area contributed by atoms with E-state index in [-0.39, 0.29) is 12.3 Å². The van der Waals surface area contributed by atoms with E-state index in [2.05, 4.69) is 16.0 Å². The summed E-state index contributed by atoms with van der Waals surface area (Å²) in [6.45, 7) is 3.02. The number of hydrogen-bond acceptors (Lipinski definition) is 5. The Morgan fingerprint density at radius 2 is 2.24 bits per heavy atom. The van der Waals surface area contributed by atoms with Crippen molar-refractivity contribution in [2.45, 2.75) is 18.6 Å². The average molecular weight is 347 g/mol. The lowest BCUT2D eigenvalue weighted by molar-refractivity contribution is -0.154. The zero-order valence-corrected chi connectivity index (χ0v) is 14.7. The fourth-order valence-corrected chi connectivity index (χ4v) is 3.51. The second-order valence-corrected chi connectivity index (χ2v) is 6.57. The van der Waals surface area contributed by atoms with Gasteiger partial charge in [-0.25, -0.2) is 0 Å². The van der Waals surface area contributed by atoms with E-state index in [1.807, 2.05) is 18.2 Å². The first-order valence-electron chi connectivity index (χ1n) is 8.33. The van der Waals surface area contributed by atoms with Crippen molar-refractivity contribution in [3.63, 3.8) is 0 Å². The zero-order chi connectivity index (χ0) is 17.9. The van der Waals surface area contributed by atoms with Crippen LogP contribution in [0.15, 0.2) is 24.3 Å². The first kappa shape index (κ1) is 17.7. The molecule has 0 spiro atoms. The number of primary amides is 1. The van der Waals surface area contributed by atoms with Crippen molar-refractivity contribution in [2.24, 2.45) is 5.73 Å². The molecule has 1 aliphatic heterocycles. The van der Waals surface area contributed by atoms with Crippen molar-refractivity contribution >= 4 is 16.8 Å². The maximum atomic E-state index is 11.4. The number of aromatic amines is 1. The normalized spacial score (nSPS) is 21.5. The summed E-state index contributed by atoms with van der Waals surface area (Å²) in [4.78, 5) is 17.1. The van der Waals surface area contributed by atoms with E-state index in [1.54, 1.807) is 14.2 Å². The molecule has 1 fully saturated rings. The maximum absolute atomic E-state index is 11.4. The summed E-state index contributed by atoms with van der Waals surface area (Å²) in [7, 11) is 3.27. The molecule has 1 amide bonds. The Kier molecular flexibility index (Phi) is 5.27. The van der Waals surface area contributed by atoms with E-state index in [0.29, 0.717) is 19.8 Å². The molecule has 1 aromatic heterocycles. The molecule has 0 saturated carbocycles. The Hall–Kier alpha value is -2.09. The van der Waals surface area contributed by atoms with Crippen LogP contribution < -0.4 is 10.5 Å². The first-order chi connectivity index (χ1) is 12.0. The molecule has 2 aromatic rings. The number of carbonyl (C=O) groups is 1. The number of methoxy groups -OCH3 is 2. The molecule has 1 aliphatic rings. The number of aromatic nitrogens is 1. The van der Waals surface area contributed by atoms with Crippen LogP contribution in [0, 0.1) is 0 Å². The van der Waals surface area contributed by atoms with E-state index < -0.39 is 5.60 Å². The van der Waals surface area contributed by atoms with Gasteiger partial charge in [0.25, 0.3) is 0 Å². The number of nitrogens with one attached hydrogen (secondary N) is 1. The van der Waals surface area contributed by atoms with Crippen molar-refractivity contribution in [3.05, 3.63) is 30.0 Å². The number of carbonyl (C=O) groups excluding carboxylic acids is 1. The molecule has 0 bridgehead atoms. The number of nitrogens with zero attached hydrogens (tertiary/aromatic N) is 1. The monoisotopic (exact) mass is 347 g/mol. The molecule has 2 heterocycles. The molecule has 3 rings (SSSR count). The highest BCUT2D eigenvalue weighted by molar-refractivity contribution is 5.81. The van der Waals surface area contributed by atoms with Crippen LogP contribution in [0.2, 0.25) is 0 Å². The first-order valence-corrected chi connectivity index (χ1v) is 8.33. The molecule has 1 aromatic carbocycles. The van der Waals surface area contributed by atoms with E-state index in [9.17, 15) is 4.79 Å². The second-order valence-electron chi connectivity index (χ2n) is 6.57. The van der Waals surface area contributed by atoms with Gasteiger partial charge in [-0.15, -0.1) is 0 Å². The van der Waals surface area contributed by atoms with Gasteiger partial charge in [0.2, 0.25) is 5.91 Å². The smallest absolute Gasteiger partial charge is 0.220 e. The Balaban J connectivity index is 1.74. The lowest BCUT2D eigenvalue weighted by atomic mass is 9.97. The van der Waals surface area contributed by atoms with Crippen LogP contribution in [0.1, 0.15) is 12.1 Å². The van der Waals surface area contributed by atoms with Crippen molar-refractivity contribution in [1.82, 2.24) is 9.88 Å². The molecule has 0 aliphatic carbocycles. The average Bonchev–Trinajstić information content (AvgIpc) is 2.95. The summed E-state index contributed by atoms with van der Waals surface area (Å²) in [5.74, 6) is 0.460. The summed E-state index contributed by atoms with van der Waals surface area (Å²) < 4.78 is 16.4. The Morgan fingerprint density at radius 1 is 1.40 bits per heavy atom. The van der Waals surface area contributed by atoms with Crippen molar-refractivity contribution < 1.29 is 19.0 Å². The number of ether oxygens (including phenoxy) is 3. The number of fused-ring (bicyclic) bond motifs is 1. The highest BCUT2D eigenvalue weighted by atomic mass is 16.5. The maximum Gasteiger partial charge on any atom is 0.220 e. The van der Waals surface area contributed by atoms with Gasteiger partial charge in [-0.05, 0) is 24.3 Å². The lowest BCUT2D eigenvalue weighted by Gasteiger charge is -2.41. The Labute approximate surface area is 147 Å². The Bertz CT molecular complexity index is 741. The van der Waals surface area contributed by atoms with Crippen molar-refractivity contribution in [1.29, 1.82) is 0 Å². The number of H-pyrrole nitrogens is 1. The highest BCUT2D eigenvalue weighted by Crippen LogP contribution is 2.26. The van der Waals surface area contributed by atoms with Gasteiger partial charge >= 0.3 is 0 Å². The molecule has 25 heavy (non-hydrogen) atoms. The van der Waals surface area contributed by atoms with E-state index in [0.717, 1.165) is 35.4 Å². The van der Waals surface area contributed by atoms with Gasteiger partial charge in [-0.1, -0.05) is 0 Å². The van der Waals surface area contributed by atoms with Crippen LogP contribution in [0.4, 0.5) is 0 Å². The minimum atomic E-state index is -0.673. The number of benzene rings is 1. The summed E-state index contributed by atoms with van der Waals surface area (Å²) in [5.41, 5.74) is 6.91. The van der Waals surface area contributed by atoms with Gasteiger partial charge in [-0.3, -0.25) is 9.69 Å². The third kappa shape index (κ3) is 4.12. The van der Waals surface area contributed by atoms with E-state index in [1.165, 1.54) is 0 Å². The van der Waals surface area contributed by atoms with Crippen LogP contribution in [-0.2, 0) is 20.8 Å². The number of nitrogens with two attached hydrogens (primary N) is 1. The standard InChI is InChI=1S/C18H25N3O4/c1-23-12-18(9-17(19)22)11-21(5-6-25-18)10-14-7-13-8-15(24-2)3-4-16(13)20-14/h3-4,7-8,20H,5-6,9-12H2,1-2H3,(H2,19,22)/t18-/m0/s1. The molecule has 1 saturated heterocycles. The number of hydrogen-bond donors (Lipinski definition) is 2. The van der Waals surface area contributed by atoms with Gasteiger partial charge in [-0.2, -0.15) is 0 Å². The van der Waals surface area contributed by atoms with Gasteiger partial charge in [0.1, 0.15) is 11.4 Å².